The van der Waals surface area contributed by atoms with E-state index in [4.69, 9.17) is 9.47 Å². The number of para-hydroxylation sites is 1. The molecule has 12 heteroatoms. The minimum atomic E-state index is -0.576. The molecule has 1 atom stereocenters. The van der Waals surface area contributed by atoms with Crippen molar-refractivity contribution < 1.29 is 23.9 Å². The summed E-state index contributed by atoms with van der Waals surface area (Å²) >= 11 is 0. The van der Waals surface area contributed by atoms with Crippen molar-refractivity contribution in [3.63, 3.8) is 0 Å². The molecule has 2 aromatic heterocycles. The Kier molecular flexibility index (Phi) is 8.06. The van der Waals surface area contributed by atoms with Crippen molar-refractivity contribution in [3.8, 4) is 5.75 Å². The van der Waals surface area contributed by atoms with Crippen LogP contribution in [-0.2, 0) is 16.3 Å². The van der Waals surface area contributed by atoms with E-state index in [1.807, 2.05) is 30.3 Å². The van der Waals surface area contributed by atoms with Gasteiger partial charge in [-0.3, -0.25) is 14.3 Å². The first-order valence-corrected chi connectivity index (χ1v) is 12.1. The average Bonchev–Trinajstić information content (AvgIpc) is 3.54. The lowest BCUT2D eigenvalue weighted by Gasteiger charge is -2.35. The highest BCUT2D eigenvalue weighted by Gasteiger charge is 2.29. The van der Waals surface area contributed by atoms with Crippen LogP contribution in [0.5, 0.6) is 5.75 Å². The Balaban J connectivity index is 1.32. The summed E-state index contributed by atoms with van der Waals surface area (Å²) < 4.78 is 13.7. The summed E-state index contributed by atoms with van der Waals surface area (Å²) in [5, 5.41) is 11.5. The Morgan fingerprint density at radius 2 is 1.73 bits per heavy atom. The molecule has 0 spiro atoms. The fourth-order valence-corrected chi connectivity index (χ4v) is 3.90. The van der Waals surface area contributed by atoms with Crippen LogP contribution in [0.15, 0.2) is 48.8 Å². The van der Waals surface area contributed by atoms with Gasteiger partial charge < -0.3 is 24.6 Å². The minimum absolute atomic E-state index is 0.110. The maximum absolute atomic E-state index is 13.1. The number of amides is 3. The van der Waals surface area contributed by atoms with Crippen molar-refractivity contribution in [1.29, 1.82) is 0 Å². The molecular weight excluding hydrogens is 478 g/mol. The van der Waals surface area contributed by atoms with Crippen molar-refractivity contribution in [1.82, 2.24) is 29.4 Å². The predicted octanol–water partition coefficient (Wildman–Crippen LogP) is 2.54. The molecule has 1 N–H and O–H groups in total. The third kappa shape index (κ3) is 6.26. The molecule has 12 nitrogen and oxygen atoms in total. The van der Waals surface area contributed by atoms with Crippen LogP contribution < -0.4 is 10.1 Å². The van der Waals surface area contributed by atoms with Crippen LogP contribution in [0.25, 0.3) is 0 Å². The number of rotatable bonds is 8. The van der Waals surface area contributed by atoms with E-state index in [-0.39, 0.29) is 24.4 Å². The quantitative estimate of drug-likeness (QED) is 0.495. The van der Waals surface area contributed by atoms with Gasteiger partial charge in [0.25, 0.3) is 5.91 Å². The molecular formula is C25H31N7O5. The van der Waals surface area contributed by atoms with Gasteiger partial charge in [0.05, 0.1) is 18.0 Å². The van der Waals surface area contributed by atoms with Gasteiger partial charge in [0.1, 0.15) is 11.8 Å². The summed E-state index contributed by atoms with van der Waals surface area (Å²) in [5.41, 5.74) is 1.30. The molecule has 4 rings (SSSR count). The molecule has 1 unspecified atom stereocenters. The zero-order chi connectivity index (χ0) is 26.4. The van der Waals surface area contributed by atoms with Crippen molar-refractivity contribution >= 4 is 23.6 Å². The SMILES string of the molecule is CCOC(=O)N1CCN(C(=O)C(C)n2cc(NC(=O)c3ccn(COc4ccccc4)n3)c(C)n2)CC1. The van der Waals surface area contributed by atoms with Crippen molar-refractivity contribution in [2.75, 3.05) is 38.1 Å². The number of nitrogens with zero attached hydrogens (tertiary/aromatic N) is 6. The average molecular weight is 510 g/mol. The number of carbonyl (C=O) groups is 3. The maximum atomic E-state index is 13.1. The highest BCUT2D eigenvalue weighted by Crippen LogP contribution is 2.19. The minimum Gasteiger partial charge on any atom is -0.471 e. The number of piperazine rings is 1. The van der Waals surface area contributed by atoms with Gasteiger partial charge in [-0.05, 0) is 39.0 Å². The van der Waals surface area contributed by atoms with E-state index in [1.54, 1.807) is 49.0 Å². The van der Waals surface area contributed by atoms with Gasteiger partial charge in [-0.25, -0.2) is 9.48 Å². The van der Waals surface area contributed by atoms with Crippen molar-refractivity contribution in [2.45, 2.75) is 33.5 Å². The van der Waals surface area contributed by atoms with Gasteiger partial charge in [0.2, 0.25) is 5.91 Å². The first-order valence-electron chi connectivity index (χ1n) is 12.1. The van der Waals surface area contributed by atoms with Gasteiger partial charge in [-0.1, -0.05) is 18.2 Å². The second-order valence-corrected chi connectivity index (χ2v) is 8.58. The highest BCUT2D eigenvalue weighted by molar-refractivity contribution is 6.03. The molecule has 1 saturated heterocycles. The monoisotopic (exact) mass is 509 g/mol. The number of hydrogen-bond acceptors (Lipinski definition) is 7. The molecule has 3 amide bonds. The molecule has 0 bridgehead atoms. The number of aromatic nitrogens is 4. The zero-order valence-corrected chi connectivity index (χ0v) is 21.2. The molecule has 196 valence electrons. The van der Waals surface area contributed by atoms with E-state index in [0.29, 0.717) is 49.9 Å². The Morgan fingerprint density at radius 3 is 2.43 bits per heavy atom. The van der Waals surface area contributed by atoms with Gasteiger partial charge in [0, 0.05) is 38.6 Å². The largest absolute Gasteiger partial charge is 0.471 e. The van der Waals surface area contributed by atoms with Gasteiger partial charge in [-0.15, -0.1) is 0 Å². The fourth-order valence-electron chi connectivity index (χ4n) is 3.90. The number of hydrogen-bond donors (Lipinski definition) is 1. The van der Waals surface area contributed by atoms with Gasteiger partial charge in [0.15, 0.2) is 12.4 Å². The van der Waals surface area contributed by atoms with E-state index in [2.05, 4.69) is 15.5 Å². The molecule has 1 fully saturated rings. The smallest absolute Gasteiger partial charge is 0.409 e. The second-order valence-electron chi connectivity index (χ2n) is 8.58. The normalized spacial score (nSPS) is 14.2. The highest BCUT2D eigenvalue weighted by atomic mass is 16.6. The number of anilines is 1. The number of aryl methyl sites for hydroxylation is 1. The standard InChI is InChI=1S/C25H31N7O5/c1-4-36-25(35)30-14-12-29(13-15-30)24(34)19(3)32-16-22(18(2)27-32)26-23(33)21-10-11-31(28-21)17-37-20-8-6-5-7-9-20/h5-11,16,19H,4,12-15,17H2,1-3H3,(H,26,33). The molecule has 3 aromatic rings. The van der Waals surface area contributed by atoms with Crippen LogP contribution in [0.2, 0.25) is 0 Å². The number of carbonyl (C=O) groups excluding carboxylic acids is 3. The number of ether oxygens (including phenoxy) is 2. The Labute approximate surface area is 214 Å². The third-order valence-corrected chi connectivity index (χ3v) is 6.02. The van der Waals surface area contributed by atoms with Crippen LogP contribution in [0.3, 0.4) is 0 Å². The number of benzene rings is 1. The van der Waals surface area contributed by atoms with Crippen LogP contribution in [0, 0.1) is 6.92 Å². The molecule has 1 aliphatic rings. The van der Waals surface area contributed by atoms with E-state index >= 15 is 0 Å². The molecule has 3 heterocycles. The zero-order valence-electron chi connectivity index (χ0n) is 21.2. The molecule has 0 saturated carbocycles. The lowest BCUT2D eigenvalue weighted by molar-refractivity contribution is -0.136. The Hall–Kier alpha value is -4.35. The first kappa shape index (κ1) is 25.7. The Morgan fingerprint density at radius 1 is 1.03 bits per heavy atom. The molecule has 1 aromatic carbocycles. The van der Waals surface area contributed by atoms with Crippen LogP contribution in [0.1, 0.15) is 36.1 Å². The molecule has 0 radical (unpaired) electrons. The van der Waals surface area contributed by atoms with Crippen LogP contribution >= 0.6 is 0 Å². The third-order valence-electron chi connectivity index (χ3n) is 6.02. The molecule has 1 aliphatic heterocycles. The summed E-state index contributed by atoms with van der Waals surface area (Å²) in [7, 11) is 0. The van der Waals surface area contributed by atoms with Crippen molar-refractivity contribution in [2.24, 2.45) is 0 Å². The maximum Gasteiger partial charge on any atom is 0.409 e. The summed E-state index contributed by atoms with van der Waals surface area (Å²) in [6, 6.07) is 10.4. The topological polar surface area (TPSA) is 124 Å². The summed E-state index contributed by atoms with van der Waals surface area (Å²) in [5.74, 6) is 0.202. The second kappa shape index (κ2) is 11.6. The van der Waals surface area contributed by atoms with Crippen molar-refractivity contribution in [3.05, 3.63) is 60.2 Å². The van der Waals surface area contributed by atoms with Gasteiger partial charge >= 0.3 is 6.09 Å². The van der Waals surface area contributed by atoms with E-state index in [9.17, 15) is 14.4 Å². The van der Waals surface area contributed by atoms with Crippen LogP contribution in [-0.4, -0.2) is 80.1 Å². The molecule has 0 aliphatic carbocycles. The summed E-state index contributed by atoms with van der Waals surface area (Å²) in [6.45, 7) is 7.43. The number of nitrogens with one attached hydrogen (secondary N) is 1. The van der Waals surface area contributed by atoms with Gasteiger partial charge in [-0.2, -0.15) is 10.2 Å². The molecule has 37 heavy (non-hydrogen) atoms. The fraction of sp³-hybridized carbons (Fsp3) is 0.400. The van der Waals surface area contributed by atoms with E-state index in [1.165, 1.54) is 9.36 Å². The lowest BCUT2D eigenvalue weighted by Crippen LogP contribution is -2.52. The van der Waals surface area contributed by atoms with Crippen LogP contribution in [0.4, 0.5) is 10.5 Å². The lowest BCUT2D eigenvalue weighted by atomic mass is 10.2. The Bertz CT molecular complexity index is 1230. The van der Waals surface area contributed by atoms with E-state index < -0.39 is 11.9 Å². The summed E-state index contributed by atoms with van der Waals surface area (Å²) in [6.07, 6.45) is 2.94. The van der Waals surface area contributed by atoms with E-state index in [0.717, 1.165) is 0 Å². The summed E-state index contributed by atoms with van der Waals surface area (Å²) in [4.78, 5) is 41.0. The predicted molar refractivity (Wildman–Crippen MR) is 134 cm³/mol. The first-order chi connectivity index (χ1) is 17.9.